The molecule has 10 heteroatoms. The van der Waals surface area contributed by atoms with Gasteiger partial charge in [-0.25, -0.2) is 0 Å². The van der Waals surface area contributed by atoms with E-state index in [0.717, 1.165) is 15.6 Å². The fourth-order valence-corrected chi connectivity index (χ4v) is 4.44. The van der Waals surface area contributed by atoms with Gasteiger partial charge in [0.25, 0.3) is 20.3 Å². The van der Waals surface area contributed by atoms with Crippen LogP contribution in [0.3, 0.4) is 0 Å². The van der Waals surface area contributed by atoms with E-state index in [-0.39, 0.29) is 9.47 Å². The van der Waals surface area contributed by atoms with Crippen molar-refractivity contribution in [1.82, 2.24) is 10.2 Å². The molecule has 0 bridgehead atoms. The Morgan fingerprint density at radius 2 is 1.85 bits per heavy atom. The summed E-state index contributed by atoms with van der Waals surface area (Å²) in [7, 11) is -0.942. The molecule has 0 saturated carbocycles. The molecule has 3 aromatic rings. The number of sulfonamides is 1. The van der Waals surface area contributed by atoms with Crippen molar-refractivity contribution in [1.29, 1.82) is 0 Å². The van der Waals surface area contributed by atoms with Crippen molar-refractivity contribution in [2.24, 2.45) is 0 Å². The molecular formula is C17H16N4O4S2. The van der Waals surface area contributed by atoms with E-state index in [2.05, 4.69) is 15.5 Å². The summed E-state index contributed by atoms with van der Waals surface area (Å²) in [6, 6.07) is 15.2. The number of amides is 1. The minimum atomic E-state index is -3.88. The van der Waals surface area contributed by atoms with Gasteiger partial charge in [0.15, 0.2) is 0 Å². The number of carbonyl (C=O) groups excluding carboxylic acids is 1. The Hall–Kier alpha value is -2.98. The first-order valence-corrected chi connectivity index (χ1v) is 10.0. The molecule has 2 aromatic carbocycles. The van der Waals surface area contributed by atoms with E-state index in [1.165, 1.54) is 14.2 Å². The number of rotatable bonds is 6. The number of benzene rings is 2. The number of carbonyl (C=O) groups is 1. The van der Waals surface area contributed by atoms with E-state index >= 15 is 0 Å². The molecule has 27 heavy (non-hydrogen) atoms. The van der Waals surface area contributed by atoms with Gasteiger partial charge in [-0.2, -0.15) is 8.42 Å². The summed E-state index contributed by atoms with van der Waals surface area (Å²) >= 11 is 0.781. The SMILES string of the molecule is COc1cccc(C(=O)Nc2nnc(S(=O)(=O)N(C)c3ccccc3)s2)c1. The summed E-state index contributed by atoms with van der Waals surface area (Å²) in [6.45, 7) is 0. The number of nitrogens with zero attached hydrogens (tertiary/aromatic N) is 3. The van der Waals surface area contributed by atoms with Crippen LogP contribution >= 0.6 is 11.3 Å². The van der Waals surface area contributed by atoms with Gasteiger partial charge in [0.2, 0.25) is 5.13 Å². The lowest BCUT2D eigenvalue weighted by Gasteiger charge is -2.16. The van der Waals surface area contributed by atoms with Crippen LogP contribution in [0.15, 0.2) is 58.9 Å². The number of para-hydroxylation sites is 1. The number of hydrogen-bond donors (Lipinski definition) is 1. The summed E-state index contributed by atoms with van der Waals surface area (Å²) < 4.78 is 31.4. The first kappa shape index (κ1) is 18.8. The molecule has 1 heterocycles. The maximum atomic E-state index is 12.7. The van der Waals surface area contributed by atoms with E-state index in [1.54, 1.807) is 54.6 Å². The standard InChI is InChI=1S/C17H16N4O4S2/c1-21(13-8-4-3-5-9-13)27(23,24)17-20-19-16(26-17)18-15(22)12-7-6-10-14(11-12)25-2/h3-11H,1-2H3,(H,18,19,22). The highest BCUT2D eigenvalue weighted by Gasteiger charge is 2.26. The smallest absolute Gasteiger partial charge is 0.293 e. The zero-order valence-corrected chi connectivity index (χ0v) is 16.1. The molecule has 0 unspecified atom stereocenters. The monoisotopic (exact) mass is 404 g/mol. The molecule has 140 valence electrons. The van der Waals surface area contributed by atoms with Gasteiger partial charge in [-0.1, -0.05) is 35.6 Å². The van der Waals surface area contributed by atoms with Crippen molar-refractivity contribution in [2.45, 2.75) is 4.34 Å². The Balaban J connectivity index is 1.79. The van der Waals surface area contributed by atoms with Gasteiger partial charge in [-0.3, -0.25) is 14.4 Å². The number of methoxy groups -OCH3 is 1. The van der Waals surface area contributed by atoms with Gasteiger partial charge in [-0.15, -0.1) is 10.2 Å². The van der Waals surface area contributed by atoms with Crippen LogP contribution in [0.4, 0.5) is 10.8 Å². The van der Waals surface area contributed by atoms with E-state index in [4.69, 9.17) is 4.74 Å². The maximum Gasteiger partial charge on any atom is 0.293 e. The number of ether oxygens (including phenoxy) is 1. The molecule has 0 aliphatic heterocycles. The Labute approximate surface area is 160 Å². The number of hydrogen-bond acceptors (Lipinski definition) is 7. The molecule has 1 amide bonds. The van der Waals surface area contributed by atoms with Crippen LogP contribution in [0.5, 0.6) is 5.75 Å². The van der Waals surface area contributed by atoms with E-state index in [0.29, 0.717) is 17.0 Å². The molecule has 0 spiro atoms. The predicted molar refractivity (Wildman–Crippen MR) is 103 cm³/mol. The van der Waals surface area contributed by atoms with Crippen molar-refractivity contribution in [2.75, 3.05) is 23.8 Å². The molecule has 3 rings (SSSR count). The van der Waals surface area contributed by atoms with Gasteiger partial charge in [-0.05, 0) is 30.3 Å². The minimum absolute atomic E-state index is 0.0860. The summed E-state index contributed by atoms with van der Waals surface area (Å²) in [5.41, 5.74) is 0.852. The zero-order chi connectivity index (χ0) is 19.4. The Bertz CT molecular complexity index is 1050. The third kappa shape index (κ3) is 4.07. The quantitative estimate of drug-likeness (QED) is 0.634. The van der Waals surface area contributed by atoms with Crippen LogP contribution in [0.1, 0.15) is 10.4 Å². The van der Waals surface area contributed by atoms with Crippen molar-refractivity contribution in [3.63, 3.8) is 0 Å². The molecule has 0 saturated heterocycles. The first-order valence-electron chi connectivity index (χ1n) is 7.74. The normalized spacial score (nSPS) is 11.0. The maximum absolute atomic E-state index is 12.7. The minimum Gasteiger partial charge on any atom is -0.497 e. The highest BCUT2D eigenvalue weighted by atomic mass is 32.2. The van der Waals surface area contributed by atoms with Crippen LogP contribution in [-0.2, 0) is 10.0 Å². The number of aromatic nitrogens is 2. The molecule has 0 fully saturated rings. The van der Waals surface area contributed by atoms with Crippen molar-refractivity contribution in [3.05, 3.63) is 60.2 Å². The summed E-state index contributed by atoms with van der Waals surface area (Å²) in [4.78, 5) is 12.3. The molecule has 0 atom stereocenters. The largest absolute Gasteiger partial charge is 0.497 e. The lowest BCUT2D eigenvalue weighted by Crippen LogP contribution is -2.26. The van der Waals surface area contributed by atoms with Gasteiger partial charge in [0, 0.05) is 12.6 Å². The highest BCUT2D eigenvalue weighted by molar-refractivity contribution is 7.94. The van der Waals surface area contributed by atoms with Gasteiger partial charge >= 0.3 is 0 Å². The zero-order valence-electron chi connectivity index (χ0n) is 14.5. The predicted octanol–water partition coefficient (Wildman–Crippen LogP) is 2.62. The second kappa shape index (κ2) is 7.72. The fourth-order valence-electron chi connectivity index (χ4n) is 2.19. The first-order chi connectivity index (χ1) is 12.9. The van der Waals surface area contributed by atoms with Crippen LogP contribution in [-0.4, -0.2) is 38.7 Å². The average Bonchev–Trinajstić information content (AvgIpc) is 3.17. The van der Waals surface area contributed by atoms with Gasteiger partial charge in [0.05, 0.1) is 12.8 Å². The fraction of sp³-hybridized carbons (Fsp3) is 0.118. The van der Waals surface area contributed by atoms with E-state index < -0.39 is 15.9 Å². The topological polar surface area (TPSA) is 101 Å². The molecule has 8 nitrogen and oxygen atoms in total. The van der Waals surface area contributed by atoms with Crippen molar-refractivity contribution >= 4 is 38.1 Å². The molecule has 1 aromatic heterocycles. The highest BCUT2D eigenvalue weighted by Crippen LogP contribution is 2.26. The molecule has 0 radical (unpaired) electrons. The summed E-state index contributed by atoms with van der Waals surface area (Å²) in [5.74, 6) is 0.0954. The van der Waals surface area contributed by atoms with Gasteiger partial charge in [0.1, 0.15) is 5.75 Å². The Morgan fingerprint density at radius 1 is 1.11 bits per heavy atom. The number of nitrogens with one attached hydrogen (secondary N) is 1. The molecule has 1 N–H and O–H groups in total. The van der Waals surface area contributed by atoms with Crippen LogP contribution < -0.4 is 14.4 Å². The van der Waals surface area contributed by atoms with E-state index in [9.17, 15) is 13.2 Å². The van der Waals surface area contributed by atoms with Crippen molar-refractivity contribution in [3.8, 4) is 5.75 Å². The molecule has 0 aliphatic carbocycles. The average molecular weight is 404 g/mol. The Kier molecular flexibility index (Phi) is 5.38. The number of anilines is 2. The van der Waals surface area contributed by atoms with Crippen LogP contribution in [0.25, 0.3) is 0 Å². The third-order valence-electron chi connectivity index (χ3n) is 3.66. The van der Waals surface area contributed by atoms with Gasteiger partial charge < -0.3 is 4.74 Å². The van der Waals surface area contributed by atoms with Crippen molar-refractivity contribution < 1.29 is 17.9 Å². The van der Waals surface area contributed by atoms with E-state index in [1.807, 2.05) is 0 Å². The van der Waals surface area contributed by atoms with Crippen LogP contribution in [0.2, 0.25) is 0 Å². The van der Waals surface area contributed by atoms with Crippen LogP contribution in [0, 0.1) is 0 Å². The molecular weight excluding hydrogens is 388 g/mol. The molecule has 0 aliphatic rings. The third-order valence-corrected chi connectivity index (χ3v) is 6.63. The second-order valence-corrected chi connectivity index (χ2v) is 8.49. The Morgan fingerprint density at radius 3 is 2.56 bits per heavy atom. The lowest BCUT2D eigenvalue weighted by molar-refractivity contribution is 0.102. The summed E-state index contributed by atoms with van der Waals surface area (Å²) in [5, 5.41) is 10.1. The lowest BCUT2D eigenvalue weighted by atomic mass is 10.2. The summed E-state index contributed by atoms with van der Waals surface area (Å²) in [6.07, 6.45) is 0. The second-order valence-electron chi connectivity index (χ2n) is 5.37.